The predicted octanol–water partition coefficient (Wildman–Crippen LogP) is 5.96. The first-order chi connectivity index (χ1) is 20.2. The minimum Gasteiger partial charge on any atom is -0.494 e. The van der Waals surface area contributed by atoms with E-state index in [1.807, 2.05) is 31.2 Å². The standard InChI is InChI=1S/C28H23F3N6O3S2/c1-2-40-18-13-11-17(12-14-18)37-23(15-32-25(39)19-7-3-4-8-20(19)28(29,30)31)35-36-27(37)41-16-24(38)34-26-33-21-9-5-6-10-22(21)42-26/h3-14H,2,15-16H2,1H3,(H,32,39)(H,33,34,38). The molecular formula is C28H23F3N6O3S2. The summed E-state index contributed by atoms with van der Waals surface area (Å²) in [6.07, 6.45) is -4.69. The number of hydrogen-bond donors (Lipinski definition) is 2. The summed E-state index contributed by atoms with van der Waals surface area (Å²) in [5.74, 6) is -0.341. The Morgan fingerprint density at radius 2 is 1.74 bits per heavy atom. The number of anilines is 1. The van der Waals surface area contributed by atoms with Crippen molar-refractivity contribution in [2.75, 3.05) is 17.7 Å². The van der Waals surface area contributed by atoms with E-state index in [4.69, 9.17) is 4.74 Å². The van der Waals surface area contributed by atoms with E-state index in [1.165, 1.54) is 23.5 Å². The van der Waals surface area contributed by atoms with E-state index in [9.17, 15) is 22.8 Å². The molecular weight excluding hydrogens is 589 g/mol. The van der Waals surface area contributed by atoms with Gasteiger partial charge in [-0.3, -0.25) is 14.2 Å². The summed E-state index contributed by atoms with van der Waals surface area (Å²) in [7, 11) is 0. The lowest BCUT2D eigenvalue weighted by Crippen LogP contribution is -2.27. The van der Waals surface area contributed by atoms with Crippen LogP contribution in [0.2, 0.25) is 0 Å². The third-order valence-electron chi connectivity index (χ3n) is 5.86. The molecule has 0 saturated heterocycles. The van der Waals surface area contributed by atoms with E-state index in [0.717, 1.165) is 34.1 Å². The molecule has 216 valence electrons. The molecule has 0 aliphatic rings. The summed E-state index contributed by atoms with van der Waals surface area (Å²) < 4.78 is 48.4. The highest BCUT2D eigenvalue weighted by atomic mass is 32.2. The number of halogens is 3. The van der Waals surface area contributed by atoms with Crippen LogP contribution in [0.5, 0.6) is 5.75 Å². The van der Waals surface area contributed by atoms with Gasteiger partial charge in [-0.2, -0.15) is 13.2 Å². The van der Waals surface area contributed by atoms with Crippen molar-refractivity contribution in [3.8, 4) is 11.4 Å². The molecule has 0 spiro atoms. The van der Waals surface area contributed by atoms with Crippen molar-refractivity contribution in [3.63, 3.8) is 0 Å². The molecule has 0 fully saturated rings. The summed E-state index contributed by atoms with van der Waals surface area (Å²) in [6.45, 7) is 2.12. The van der Waals surface area contributed by atoms with Crippen LogP contribution in [0.3, 0.4) is 0 Å². The lowest BCUT2D eigenvalue weighted by Gasteiger charge is -2.14. The Labute approximate surface area is 246 Å². The molecule has 2 heterocycles. The van der Waals surface area contributed by atoms with Crippen LogP contribution in [0.25, 0.3) is 15.9 Å². The second kappa shape index (κ2) is 12.6. The molecule has 9 nitrogen and oxygen atoms in total. The summed E-state index contributed by atoms with van der Waals surface area (Å²) in [5.41, 5.74) is -0.146. The zero-order chi connectivity index (χ0) is 29.7. The Bertz CT molecular complexity index is 1690. The van der Waals surface area contributed by atoms with Crippen LogP contribution >= 0.6 is 23.1 Å². The number of aromatic nitrogens is 4. The lowest BCUT2D eigenvalue weighted by molar-refractivity contribution is -0.138. The van der Waals surface area contributed by atoms with E-state index in [2.05, 4.69) is 25.8 Å². The number of ether oxygens (including phenoxy) is 1. The zero-order valence-corrected chi connectivity index (χ0v) is 23.6. The SMILES string of the molecule is CCOc1ccc(-n2c(CNC(=O)c3ccccc3C(F)(F)F)nnc2SCC(=O)Nc2nc3ccccc3s2)cc1. The fraction of sp³-hybridized carbons (Fsp3) is 0.179. The van der Waals surface area contributed by atoms with E-state index in [0.29, 0.717) is 28.3 Å². The molecule has 0 radical (unpaired) electrons. The number of nitrogens with zero attached hydrogens (tertiary/aromatic N) is 4. The van der Waals surface area contributed by atoms with E-state index in [1.54, 1.807) is 28.8 Å². The van der Waals surface area contributed by atoms with Gasteiger partial charge in [0.15, 0.2) is 16.1 Å². The highest BCUT2D eigenvalue weighted by Crippen LogP contribution is 2.32. The van der Waals surface area contributed by atoms with Gasteiger partial charge < -0.3 is 15.4 Å². The highest BCUT2D eigenvalue weighted by molar-refractivity contribution is 7.99. The minimum absolute atomic E-state index is 0.0175. The fourth-order valence-corrected chi connectivity index (χ4v) is 5.67. The van der Waals surface area contributed by atoms with Crippen molar-refractivity contribution >= 4 is 50.3 Å². The monoisotopic (exact) mass is 612 g/mol. The van der Waals surface area contributed by atoms with Crippen LogP contribution in [-0.4, -0.2) is 43.9 Å². The van der Waals surface area contributed by atoms with Crippen molar-refractivity contribution in [1.82, 2.24) is 25.1 Å². The molecule has 0 atom stereocenters. The molecule has 2 aromatic heterocycles. The number of rotatable bonds is 10. The number of nitrogens with one attached hydrogen (secondary N) is 2. The number of hydrogen-bond acceptors (Lipinski definition) is 8. The first-order valence-electron chi connectivity index (χ1n) is 12.6. The van der Waals surface area contributed by atoms with Crippen molar-refractivity contribution in [2.45, 2.75) is 24.8 Å². The van der Waals surface area contributed by atoms with Crippen LogP contribution in [-0.2, 0) is 17.5 Å². The van der Waals surface area contributed by atoms with Gasteiger partial charge in [-0.25, -0.2) is 4.98 Å². The third-order valence-corrected chi connectivity index (χ3v) is 7.74. The Morgan fingerprint density at radius 3 is 2.48 bits per heavy atom. The second-order valence-electron chi connectivity index (χ2n) is 8.71. The van der Waals surface area contributed by atoms with Gasteiger partial charge in [0.2, 0.25) is 5.91 Å². The summed E-state index contributed by atoms with van der Waals surface area (Å²) in [6, 6.07) is 19.1. The largest absolute Gasteiger partial charge is 0.494 e. The third kappa shape index (κ3) is 6.71. The number of amides is 2. The average Bonchev–Trinajstić information content (AvgIpc) is 3.58. The molecule has 0 aliphatic heterocycles. The van der Waals surface area contributed by atoms with E-state index >= 15 is 0 Å². The fourth-order valence-electron chi connectivity index (χ4n) is 4.02. The first-order valence-corrected chi connectivity index (χ1v) is 14.4. The second-order valence-corrected chi connectivity index (χ2v) is 10.7. The number of alkyl halides is 3. The Balaban J connectivity index is 1.34. The summed E-state index contributed by atoms with van der Waals surface area (Å²) in [4.78, 5) is 29.9. The average molecular weight is 613 g/mol. The zero-order valence-electron chi connectivity index (χ0n) is 22.0. The smallest absolute Gasteiger partial charge is 0.417 e. The number of carbonyl (C=O) groups excluding carboxylic acids is 2. The van der Waals surface area contributed by atoms with Gasteiger partial charge in [0.1, 0.15) is 5.75 Å². The van der Waals surface area contributed by atoms with Crippen LogP contribution in [0.15, 0.2) is 78.0 Å². The van der Waals surface area contributed by atoms with Gasteiger partial charge in [-0.15, -0.1) is 10.2 Å². The number of thiazole rings is 1. The van der Waals surface area contributed by atoms with Crippen molar-refractivity contribution < 1.29 is 27.5 Å². The quantitative estimate of drug-likeness (QED) is 0.187. The molecule has 0 bridgehead atoms. The topological polar surface area (TPSA) is 111 Å². The van der Waals surface area contributed by atoms with Crippen molar-refractivity contribution in [1.29, 1.82) is 0 Å². The first kappa shape index (κ1) is 29.1. The highest BCUT2D eigenvalue weighted by Gasteiger charge is 2.34. The minimum atomic E-state index is -4.69. The van der Waals surface area contributed by atoms with E-state index in [-0.39, 0.29) is 24.0 Å². The molecule has 0 unspecified atom stereocenters. The maximum Gasteiger partial charge on any atom is 0.417 e. The number of carbonyl (C=O) groups is 2. The van der Waals surface area contributed by atoms with Crippen LogP contribution < -0.4 is 15.4 Å². The normalized spacial score (nSPS) is 11.4. The molecule has 5 aromatic rings. The maximum atomic E-state index is 13.4. The van der Waals surface area contributed by atoms with E-state index < -0.39 is 23.2 Å². The Morgan fingerprint density at radius 1 is 1.00 bits per heavy atom. The Hall–Kier alpha value is -4.43. The summed E-state index contributed by atoms with van der Waals surface area (Å²) >= 11 is 2.47. The maximum absolute atomic E-state index is 13.4. The molecule has 0 saturated carbocycles. The summed E-state index contributed by atoms with van der Waals surface area (Å²) in [5, 5.41) is 14.5. The van der Waals surface area contributed by atoms with Crippen LogP contribution in [0.1, 0.15) is 28.7 Å². The molecule has 0 aliphatic carbocycles. The molecule has 2 N–H and O–H groups in total. The lowest BCUT2D eigenvalue weighted by atomic mass is 10.1. The van der Waals surface area contributed by atoms with Crippen molar-refractivity contribution in [2.24, 2.45) is 0 Å². The van der Waals surface area contributed by atoms with Gasteiger partial charge in [0, 0.05) is 5.69 Å². The molecule has 2 amide bonds. The number of para-hydroxylation sites is 1. The molecule has 5 rings (SSSR count). The predicted molar refractivity (Wildman–Crippen MR) is 154 cm³/mol. The molecule has 3 aromatic carbocycles. The molecule has 42 heavy (non-hydrogen) atoms. The van der Waals surface area contributed by atoms with Gasteiger partial charge in [0.05, 0.1) is 40.2 Å². The number of thioether (sulfide) groups is 1. The van der Waals surface area contributed by atoms with Crippen molar-refractivity contribution in [3.05, 3.63) is 89.7 Å². The van der Waals surface area contributed by atoms with Gasteiger partial charge in [0.25, 0.3) is 5.91 Å². The van der Waals surface area contributed by atoms with Crippen LogP contribution in [0, 0.1) is 0 Å². The Kier molecular flexibility index (Phi) is 8.73. The van der Waals surface area contributed by atoms with Gasteiger partial charge >= 0.3 is 6.18 Å². The number of fused-ring (bicyclic) bond motifs is 1. The van der Waals surface area contributed by atoms with Gasteiger partial charge in [-0.05, 0) is 55.5 Å². The number of benzene rings is 3. The van der Waals surface area contributed by atoms with Gasteiger partial charge in [-0.1, -0.05) is 47.4 Å². The van der Waals surface area contributed by atoms with Crippen LogP contribution in [0.4, 0.5) is 18.3 Å². The molecule has 14 heteroatoms.